The number of rotatable bonds is 9. The quantitative estimate of drug-likeness (QED) is 0.502. The van der Waals surface area contributed by atoms with E-state index < -0.39 is 0 Å². The minimum absolute atomic E-state index is 0. The minimum atomic E-state index is -0.205. The monoisotopic (exact) mass is 548 g/mol. The Morgan fingerprint density at radius 2 is 1.78 bits per heavy atom. The van der Waals surface area contributed by atoms with E-state index in [1.165, 1.54) is 0 Å². The van der Waals surface area contributed by atoms with E-state index in [-0.39, 0.29) is 48.1 Å². The first kappa shape index (κ1) is 29.2. The standard InChI is InChI=1S/C28H36N4O3.2ClH/c1-35-23-9-5-21(6-10-23)20-32-19-14-28(27(32)34)12-17-31(18-13-28)16-11-25(24-4-2-3-15-29-24)30-26(33)22-7-8-22;;/h2-6,9-10,15,22,25H,7-8,11-14,16-20H2,1H3,(H,30,33);2*1H. The van der Waals surface area contributed by atoms with Crippen LogP contribution < -0.4 is 10.1 Å². The number of carbonyl (C=O) groups is 2. The summed E-state index contributed by atoms with van der Waals surface area (Å²) in [5.41, 5.74) is 1.86. The van der Waals surface area contributed by atoms with Gasteiger partial charge in [0.2, 0.25) is 11.8 Å². The summed E-state index contributed by atoms with van der Waals surface area (Å²) in [5.74, 6) is 1.50. The second-order valence-electron chi connectivity index (χ2n) is 10.3. The normalized spacial score (nSPS) is 19.6. The van der Waals surface area contributed by atoms with Gasteiger partial charge in [-0.05, 0) is 81.4 Å². The van der Waals surface area contributed by atoms with E-state index in [2.05, 4.69) is 15.2 Å². The van der Waals surface area contributed by atoms with Crippen molar-refractivity contribution in [3.63, 3.8) is 0 Å². The molecule has 2 amide bonds. The van der Waals surface area contributed by atoms with Gasteiger partial charge < -0.3 is 19.9 Å². The lowest BCUT2D eigenvalue weighted by Gasteiger charge is -2.38. The number of likely N-dealkylation sites (tertiary alicyclic amines) is 2. The molecule has 9 heteroatoms. The summed E-state index contributed by atoms with van der Waals surface area (Å²) < 4.78 is 5.24. The van der Waals surface area contributed by atoms with Gasteiger partial charge in [-0.25, -0.2) is 0 Å². The molecule has 2 aromatic rings. The van der Waals surface area contributed by atoms with E-state index in [1.807, 2.05) is 47.4 Å². The van der Waals surface area contributed by atoms with Crippen molar-refractivity contribution < 1.29 is 14.3 Å². The number of hydrogen-bond donors (Lipinski definition) is 1. The Kier molecular flexibility index (Phi) is 10.2. The average Bonchev–Trinajstić information content (AvgIpc) is 3.72. The van der Waals surface area contributed by atoms with E-state index in [1.54, 1.807) is 13.3 Å². The van der Waals surface area contributed by atoms with Gasteiger partial charge in [-0.2, -0.15) is 0 Å². The Bertz CT molecular complexity index is 1030. The van der Waals surface area contributed by atoms with E-state index in [0.717, 1.165) is 81.7 Å². The molecule has 3 heterocycles. The van der Waals surface area contributed by atoms with E-state index >= 15 is 0 Å². The maximum Gasteiger partial charge on any atom is 0.229 e. The molecule has 2 saturated heterocycles. The maximum atomic E-state index is 13.4. The summed E-state index contributed by atoms with van der Waals surface area (Å²) in [6.07, 6.45) is 7.39. The first-order chi connectivity index (χ1) is 17.1. The van der Waals surface area contributed by atoms with Gasteiger partial charge in [0.05, 0.1) is 24.3 Å². The second kappa shape index (κ2) is 12.9. The summed E-state index contributed by atoms with van der Waals surface area (Å²) in [4.78, 5) is 34.8. The summed E-state index contributed by atoms with van der Waals surface area (Å²) in [6.45, 7) is 4.24. The molecule has 0 radical (unpaired) electrons. The topological polar surface area (TPSA) is 74.8 Å². The Morgan fingerprint density at radius 3 is 2.41 bits per heavy atom. The molecule has 0 bridgehead atoms. The van der Waals surface area contributed by atoms with Crippen LogP contribution in [0.3, 0.4) is 0 Å². The van der Waals surface area contributed by atoms with Crippen LogP contribution in [-0.2, 0) is 16.1 Å². The average molecular weight is 550 g/mol. The molecule has 3 aliphatic rings. The molecular weight excluding hydrogens is 511 g/mol. The number of aromatic nitrogens is 1. The van der Waals surface area contributed by atoms with Gasteiger partial charge in [0, 0.05) is 31.7 Å². The lowest BCUT2D eigenvalue weighted by molar-refractivity contribution is -0.139. The van der Waals surface area contributed by atoms with Gasteiger partial charge in [-0.15, -0.1) is 24.8 Å². The van der Waals surface area contributed by atoms with Crippen LogP contribution in [0.15, 0.2) is 48.7 Å². The third-order valence-electron chi connectivity index (χ3n) is 7.99. The molecule has 1 atom stereocenters. The summed E-state index contributed by atoms with van der Waals surface area (Å²) in [7, 11) is 1.66. The number of pyridine rings is 1. The number of nitrogens with one attached hydrogen (secondary N) is 1. The van der Waals surface area contributed by atoms with Crippen molar-refractivity contribution in [2.45, 2.75) is 51.1 Å². The van der Waals surface area contributed by atoms with Crippen molar-refractivity contribution in [1.29, 1.82) is 0 Å². The van der Waals surface area contributed by atoms with Gasteiger partial charge >= 0.3 is 0 Å². The molecule has 1 spiro atoms. The largest absolute Gasteiger partial charge is 0.497 e. The van der Waals surface area contributed by atoms with Crippen molar-refractivity contribution in [2.24, 2.45) is 11.3 Å². The zero-order valence-corrected chi connectivity index (χ0v) is 23.1. The van der Waals surface area contributed by atoms with Gasteiger partial charge in [-0.3, -0.25) is 14.6 Å². The van der Waals surface area contributed by atoms with Crippen LogP contribution in [0, 0.1) is 11.3 Å². The van der Waals surface area contributed by atoms with E-state index in [9.17, 15) is 9.59 Å². The summed E-state index contributed by atoms with van der Waals surface area (Å²) in [6, 6.07) is 13.8. The van der Waals surface area contributed by atoms with Crippen LogP contribution >= 0.6 is 24.8 Å². The molecule has 1 unspecified atom stereocenters. The molecule has 202 valence electrons. The smallest absolute Gasteiger partial charge is 0.229 e. The van der Waals surface area contributed by atoms with Crippen molar-refractivity contribution >= 4 is 36.6 Å². The third kappa shape index (κ3) is 6.95. The summed E-state index contributed by atoms with van der Waals surface area (Å²) >= 11 is 0. The Labute approximate surface area is 232 Å². The molecule has 1 N–H and O–H groups in total. The lowest BCUT2D eigenvalue weighted by Crippen LogP contribution is -2.45. The highest BCUT2D eigenvalue weighted by Gasteiger charge is 2.47. The van der Waals surface area contributed by atoms with Crippen LogP contribution in [0.1, 0.15) is 55.8 Å². The van der Waals surface area contributed by atoms with Gasteiger partial charge in [0.1, 0.15) is 5.75 Å². The van der Waals surface area contributed by atoms with Crippen molar-refractivity contribution in [1.82, 2.24) is 20.1 Å². The van der Waals surface area contributed by atoms with Crippen LogP contribution in [0.4, 0.5) is 0 Å². The van der Waals surface area contributed by atoms with Crippen LogP contribution in [-0.4, -0.2) is 59.9 Å². The number of hydrogen-bond acceptors (Lipinski definition) is 5. The molecular formula is C28H38Cl2N4O3. The predicted octanol–water partition coefficient (Wildman–Crippen LogP) is 4.41. The Hall–Kier alpha value is -2.35. The van der Waals surface area contributed by atoms with Crippen LogP contribution in [0.5, 0.6) is 5.75 Å². The number of piperidine rings is 1. The van der Waals surface area contributed by atoms with Crippen molar-refractivity contribution in [3.8, 4) is 5.75 Å². The minimum Gasteiger partial charge on any atom is -0.497 e. The molecule has 1 aromatic carbocycles. The second-order valence-corrected chi connectivity index (χ2v) is 10.3. The molecule has 37 heavy (non-hydrogen) atoms. The first-order valence-electron chi connectivity index (χ1n) is 12.9. The zero-order valence-electron chi connectivity index (χ0n) is 21.4. The highest BCUT2D eigenvalue weighted by atomic mass is 35.5. The maximum absolute atomic E-state index is 13.4. The van der Waals surface area contributed by atoms with E-state index in [0.29, 0.717) is 12.5 Å². The highest BCUT2D eigenvalue weighted by molar-refractivity contribution is 5.86. The van der Waals surface area contributed by atoms with Crippen molar-refractivity contribution in [3.05, 3.63) is 59.9 Å². The molecule has 1 aliphatic carbocycles. The third-order valence-corrected chi connectivity index (χ3v) is 7.99. The highest BCUT2D eigenvalue weighted by Crippen LogP contribution is 2.42. The number of ether oxygens (including phenoxy) is 1. The fraction of sp³-hybridized carbons (Fsp3) is 0.536. The molecule has 3 fully saturated rings. The number of amides is 2. The number of nitrogens with zero attached hydrogens (tertiary/aromatic N) is 3. The number of benzene rings is 1. The SMILES string of the molecule is COc1ccc(CN2CCC3(CCN(CCC(NC(=O)C4CC4)c4ccccn4)CC3)C2=O)cc1.Cl.Cl. The van der Waals surface area contributed by atoms with Crippen LogP contribution in [0.25, 0.3) is 0 Å². The fourth-order valence-corrected chi connectivity index (χ4v) is 5.49. The van der Waals surface area contributed by atoms with Gasteiger partial charge in [0.15, 0.2) is 0 Å². The van der Waals surface area contributed by atoms with Gasteiger partial charge in [-0.1, -0.05) is 18.2 Å². The van der Waals surface area contributed by atoms with Crippen LogP contribution in [0.2, 0.25) is 0 Å². The van der Waals surface area contributed by atoms with Crippen molar-refractivity contribution in [2.75, 3.05) is 33.3 Å². The molecule has 5 rings (SSSR count). The number of carbonyl (C=O) groups excluding carboxylic acids is 2. The first-order valence-corrected chi connectivity index (χ1v) is 12.9. The van der Waals surface area contributed by atoms with E-state index in [4.69, 9.17) is 4.74 Å². The predicted molar refractivity (Wildman–Crippen MR) is 148 cm³/mol. The number of methoxy groups -OCH3 is 1. The van der Waals surface area contributed by atoms with Gasteiger partial charge in [0.25, 0.3) is 0 Å². The molecule has 2 aliphatic heterocycles. The molecule has 1 saturated carbocycles. The zero-order chi connectivity index (χ0) is 24.3. The summed E-state index contributed by atoms with van der Waals surface area (Å²) in [5, 5.41) is 3.23. The number of halogens is 2. The molecule has 7 nitrogen and oxygen atoms in total. The Morgan fingerprint density at radius 1 is 1.08 bits per heavy atom. The fourth-order valence-electron chi connectivity index (χ4n) is 5.49. The molecule has 1 aromatic heterocycles. The lowest BCUT2D eigenvalue weighted by atomic mass is 9.77. The Balaban J connectivity index is 0.00000190.